The Bertz CT molecular complexity index is 233. The Labute approximate surface area is 71.0 Å². The minimum Gasteiger partial charge on any atom is -0.473 e. The van der Waals surface area contributed by atoms with Crippen LogP contribution in [-0.4, -0.2) is 5.91 Å². The topological polar surface area (TPSA) is 64.3 Å². The first-order valence-electron chi connectivity index (χ1n) is 3.72. The third-order valence-corrected chi connectivity index (χ3v) is 1.79. The number of rotatable bonds is 2. The summed E-state index contributed by atoms with van der Waals surface area (Å²) in [5, 5.41) is 0. The maximum atomic E-state index is 10.9. The van der Waals surface area contributed by atoms with Gasteiger partial charge in [-0.25, -0.2) is 5.84 Å². The zero-order valence-electron chi connectivity index (χ0n) is 6.91. The van der Waals surface area contributed by atoms with Crippen LogP contribution in [0.4, 0.5) is 0 Å². The molecule has 1 atom stereocenters. The second-order valence-corrected chi connectivity index (χ2v) is 2.70. The summed E-state index contributed by atoms with van der Waals surface area (Å²) in [5.41, 5.74) is 3.12. The lowest BCUT2D eigenvalue weighted by atomic mass is 9.97. The molecule has 1 aliphatic rings. The Balaban J connectivity index is 2.51. The van der Waals surface area contributed by atoms with E-state index in [0.29, 0.717) is 6.42 Å². The Morgan fingerprint density at radius 3 is 3.17 bits per heavy atom. The molecule has 0 aromatic carbocycles. The van der Waals surface area contributed by atoms with E-state index in [-0.39, 0.29) is 11.8 Å². The number of nitrogens with one attached hydrogen (secondary N) is 1. The molecule has 0 radical (unpaired) electrons. The first-order valence-corrected chi connectivity index (χ1v) is 3.72. The zero-order valence-corrected chi connectivity index (χ0v) is 6.91. The fraction of sp³-hybridized carbons (Fsp3) is 0.375. The fourth-order valence-corrected chi connectivity index (χ4v) is 1.01. The van der Waals surface area contributed by atoms with Gasteiger partial charge in [-0.15, -0.1) is 0 Å². The Morgan fingerprint density at radius 2 is 2.58 bits per heavy atom. The van der Waals surface area contributed by atoms with Crippen LogP contribution < -0.4 is 11.3 Å². The number of allylic oxidation sites excluding steroid dienone is 2. The molecule has 0 saturated heterocycles. The maximum absolute atomic E-state index is 10.9. The van der Waals surface area contributed by atoms with Crippen LogP contribution in [0.1, 0.15) is 13.3 Å². The molecule has 66 valence electrons. The quantitative estimate of drug-likeness (QED) is 0.357. The normalized spacial score (nSPS) is 21.2. The molecule has 1 rings (SSSR count). The summed E-state index contributed by atoms with van der Waals surface area (Å²) in [6.45, 7) is 1.91. The van der Waals surface area contributed by atoms with E-state index in [1.807, 2.05) is 13.0 Å². The van der Waals surface area contributed by atoms with E-state index in [1.54, 1.807) is 12.5 Å². The highest BCUT2D eigenvalue weighted by molar-refractivity contribution is 5.76. The predicted molar refractivity (Wildman–Crippen MR) is 44.4 cm³/mol. The molecule has 1 heterocycles. The van der Waals surface area contributed by atoms with Crippen molar-refractivity contribution >= 4 is 5.91 Å². The van der Waals surface area contributed by atoms with E-state index in [2.05, 4.69) is 5.43 Å². The Hall–Kier alpha value is -1.29. The van der Waals surface area contributed by atoms with Crippen molar-refractivity contribution in [3.05, 3.63) is 24.2 Å². The number of ether oxygens (including phenoxy) is 1. The van der Waals surface area contributed by atoms with Crippen molar-refractivity contribution < 1.29 is 9.53 Å². The number of hydrazine groups is 1. The fourth-order valence-electron chi connectivity index (χ4n) is 1.01. The van der Waals surface area contributed by atoms with Crippen LogP contribution in [-0.2, 0) is 9.53 Å². The van der Waals surface area contributed by atoms with Crippen molar-refractivity contribution in [2.24, 2.45) is 11.8 Å². The second-order valence-electron chi connectivity index (χ2n) is 2.70. The van der Waals surface area contributed by atoms with Crippen LogP contribution in [0.3, 0.4) is 0 Å². The van der Waals surface area contributed by atoms with Crippen LogP contribution in [0, 0.1) is 5.92 Å². The van der Waals surface area contributed by atoms with E-state index in [1.165, 1.54) is 0 Å². The highest BCUT2D eigenvalue weighted by Gasteiger charge is 2.14. The average molecular weight is 168 g/mol. The first-order chi connectivity index (χ1) is 5.74. The maximum Gasteiger partial charge on any atom is 0.234 e. The van der Waals surface area contributed by atoms with Crippen molar-refractivity contribution in [2.45, 2.75) is 13.3 Å². The highest BCUT2D eigenvalue weighted by atomic mass is 16.5. The second kappa shape index (κ2) is 3.92. The van der Waals surface area contributed by atoms with Crippen molar-refractivity contribution in [1.29, 1.82) is 0 Å². The number of carbonyl (C=O) groups excluding carboxylic acids is 1. The Kier molecular flexibility index (Phi) is 2.88. The highest BCUT2D eigenvalue weighted by Crippen LogP contribution is 2.19. The van der Waals surface area contributed by atoms with Gasteiger partial charge < -0.3 is 4.74 Å². The van der Waals surface area contributed by atoms with E-state index in [0.717, 1.165) is 5.57 Å². The summed E-state index contributed by atoms with van der Waals surface area (Å²) in [7, 11) is 0. The molecular formula is C8H12N2O2. The standard InChI is InChI=1S/C8H12N2O2/c1-6-5-12-3-2-7(6)4-8(11)10-9/h2-3,5,7H,4,9H2,1H3,(H,10,11). The van der Waals surface area contributed by atoms with Crippen LogP contribution in [0.5, 0.6) is 0 Å². The summed E-state index contributed by atoms with van der Waals surface area (Å²) >= 11 is 0. The first kappa shape index (κ1) is 8.80. The molecule has 0 fully saturated rings. The van der Waals surface area contributed by atoms with E-state index in [9.17, 15) is 4.79 Å². The summed E-state index contributed by atoms with van der Waals surface area (Å²) in [4.78, 5) is 10.9. The van der Waals surface area contributed by atoms with Crippen molar-refractivity contribution in [2.75, 3.05) is 0 Å². The molecule has 0 bridgehead atoms. The van der Waals surface area contributed by atoms with Crippen molar-refractivity contribution in [1.82, 2.24) is 5.43 Å². The third-order valence-electron chi connectivity index (χ3n) is 1.79. The van der Waals surface area contributed by atoms with E-state index >= 15 is 0 Å². The van der Waals surface area contributed by atoms with Gasteiger partial charge in [-0.1, -0.05) is 0 Å². The van der Waals surface area contributed by atoms with Gasteiger partial charge in [0, 0.05) is 12.3 Å². The van der Waals surface area contributed by atoms with Crippen LogP contribution >= 0.6 is 0 Å². The lowest BCUT2D eigenvalue weighted by molar-refractivity contribution is -0.121. The summed E-state index contributed by atoms with van der Waals surface area (Å²) in [6.07, 6.45) is 5.42. The minimum atomic E-state index is -0.167. The summed E-state index contributed by atoms with van der Waals surface area (Å²) < 4.78 is 4.92. The molecule has 3 N–H and O–H groups in total. The number of amides is 1. The summed E-state index contributed by atoms with van der Waals surface area (Å²) in [5.74, 6) is 4.91. The average Bonchev–Trinajstić information content (AvgIpc) is 2.09. The number of nitrogens with two attached hydrogens (primary N) is 1. The molecule has 1 aliphatic heterocycles. The third kappa shape index (κ3) is 2.10. The molecule has 4 heteroatoms. The molecule has 0 saturated carbocycles. The van der Waals surface area contributed by atoms with Gasteiger partial charge in [-0.05, 0) is 18.6 Å². The van der Waals surface area contributed by atoms with Crippen LogP contribution in [0.15, 0.2) is 24.2 Å². The van der Waals surface area contributed by atoms with Gasteiger partial charge in [-0.2, -0.15) is 0 Å². The monoisotopic (exact) mass is 168 g/mol. The molecule has 0 aromatic heterocycles. The van der Waals surface area contributed by atoms with Gasteiger partial charge in [0.05, 0.1) is 12.5 Å². The lowest BCUT2D eigenvalue weighted by Gasteiger charge is -2.15. The Morgan fingerprint density at radius 1 is 1.83 bits per heavy atom. The molecule has 4 nitrogen and oxygen atoms in total. The molecule has 0 aliphatic carbocycles. The molecule has 1 amide bonds. The van der Waals surface area contributed by atoms with Gasteiger partial charge in [0.1, 0.15) is 0 Å². The van der Waals surface area contributed by atoms with Gasteiger partial charge in [0.2, 0.25) is 5.91 Å². The van der Waals surface area contributed by atoms with Crippen LogP contribution in [0.25, 0.3) is 0 Å². The number of hydrogen-bond acceptors (Lipinski definition) is 3. The molecule has 0 aromatic rings. The van der Waals surface area contributed by atoms with Crippen LogP contribution in [0.2, 0.25) is 0 Å². The predicted octanol–water partition coefficient (Wildman–Crippen LogP) is 0.430. The van der Waals surface area contributed by atoms with E-state index < -0.39 is 0 Å². The van der Waals surface area contributed by atoms with Gasteiger partial charge in [-0.3, -0.25) is 10.2 Å². The SMILES string of the molecule is CC1=COC=CC1CC(=O)NN. The van der Waals surface area contributed by atoms with Gasteiger partial charge in [0.25, 0.3) is 0 Å². The largest absolute Gasteiger partial charge is 0.473 e. The van der Waals surface area contributed by atoms with E-state index in [4.69, 9.17) is 10.6 Å². The van der Waals surface area contributed by atoms with Gasteiger partial charge in [0.15, 0.2) is 0 Å². The molecular weight excluding hydrogens is 156 g/mol. The summed E-state index contributed by atoms with van der Waals surface area (Å²) in [6, 6.07) is 0. The lowest BCUT2D eigenvalue weighted by Crippen LogP contribution is -2.31. The number of carbonyl (C=O) groups is 1. The van der Waals surface area contributed by atoms with Crippen molar-refractivity contribution in [3.63, 3.8) is 0 Å². The molecule has 12 heavy (non-hydrogen) atoms. The smallest absolute Gasteiger partial charge is 0.234 e. The minimum absolute atomic E-state index is 0.113. The number of hydrogen-bond donors (Lipinski definition) is 2. The molecule has 0 spiro atoms. The molecule has 1 unspecified atom stereocenters. The van der Waals surface area contributed by atoms with Crippen molar-refractivity contribution in [3.8, 4) is 0 Å². The van der Waals surface area contributed by atoms with Gasteiger partial charge >= 0.3 is 0 Å². The zero-order chi connectivity index (χ0) is 8.97.